The monoisotopic (exact) mass is 471 g/mol. The number of amides is 1. The molecule has 4 aromatic heterocycles. The van der Waals surface area contributed by atoms with Crippen molar-refractivity contribution < 1.29 is 18.0 Å². The molecule has 5 rings (SSSR count). The van der Waals surface area contributed by atoms with Gasteiger partial charge in [0.25, 0.3) is 5.91 Å². The highest BCUT2D eigenvalue weighted by molar-refractivity contribution is 5.99. The van der Waals surface area contributed by atoms with E-state index in [1.807, 2.05) is 19.9 Å². The number of hydrogen-bond acceptors (Lipinski definition) is 5. The minimum Gasteiger partial charge on any atom is -0.368 e. The van der Waals surface area contributed by atoms with Crippen LogP contribution >= 0.6 is 0 Å². The number of carbonyl (C=O) groups is 1. The molecule has 0 radical (unpaired) electrons. The third-order valence-electron chi connectivity index (χ3n) is 6.22. The number of aromatic nitrogens is 5. The standard InChI is InChI=1S/C23H24F3N7O/c1-13-10-14(2)33-21(28-13)17(11-27-33)22(34)30-16-8-6-15(7-9-16)29-19-4-3-5-20-31-18(12-32(19)20)23(24,25)26/h3-5,10-12,15-16,29H,6-9H2,1-2H3,(H,30,34)/t15-,16+. The molecule has 178 valence electrons. The van der Waals surface area contributed by atoms with Crippen LogP contribution in [0.15, 0.2) is 36.7 Å². The van der Waals surface area contributed by atoms with Gasteiger partial charge in [-0.2, -0.15) is 18.3 Å². The van der Waals surface area contributed by atoms with Gasteiger partial charge in [-0.15, -0.1) is 0 Å². The average Bonchev–Trinajstić information content (AvgIpc) is 3.40. The number of nitrogens with one attached hydrogen (secondary N) is 2. The SMILES string of the molecule is Cc1cc(C)n2ncc(C(=O)N[C@H]3CC[C@@H](Nc4cccc5nc(C(F)(F)F)cn45)CC3)c2n1. The number of nitrogens with zero attached hydrogens (tertiary/aromatic N) is 5. The highest BCUT2D eigenvalue weighted by Crippen LogP contribution is 2.30. The molecule has 2 N–H and O–H groups in total. The van der Waals surface area contributed by atoms with Gasteiger partial charge in [-0.3, -0.25) is 9.20 Å². The summed E-state index contributed by atoms with van der Waals surface area (Å²) in [6.07, 6.45) is 1.10. The fourth-order valence-corrected chi connectivity index (χ4v) is 4.55. The Morgan fingerprint density at radius 2 is 1.82 bits per heavy atom. The van der Waals surface area contributed by atoms with Crippen molar-refractivity contribution in [2.45, 2.75) is 57.8 Å². The molecule has 0 bridgehead atoms. The molecule has 0 unspecified atom stereocenters. The number of fused-ring (bicyclic) bond motifs is 2. The van der Waals surface area contributed by atoms with Crippen molar-refractivity contribution in [3.8, 4) is 0 Å². The number of rotatable bonds is 4. The fourth-order valence-electron chi connectivity index (χ4n) is 4.55. The molecule has 8 nitrogen and oxygen atoms in total. The fraction of sp³-hybridized carbons (Fsp3) is 0.391. The molecule has 1 saturated carbocycles. The summed E-state index contributed by atoms with van der Waals surface area (Å²) >= 11 is 0. The van der Waals surface area contributed by atoms with Gasteiger partial charge in [0.1, 0.15) is 17.0 Å². The minimum atomic E-state index is -4.49. The van der Waals surface area contributed by atoms with Gasteiger partial charge in [0.15, 0.2) is 11.3 Å². The predicted molar refractivity (Wildman–Crippen MR) is 120 cm³/mol. The second-order valence-corrected chi connectivity index (χ2v) is 8.76. The molecule has 34 heavy (non-hydrogen) atoms. The van der Waals surface area contributed by atoms with Crippen molar-refractivity contribution in [3.05, 3.63) is 59.3 Å². The Labute approximate surface area is 193 Å². The van der Waals surface area contributed by atoms with Crippen molar-refractivity contribution in [1.29, 1.82) is 0 Å². The van der Waals surface area contributed by atoms with Crippen LogP contribution in [0.3, 0.4) is 0 Å². The number of pyridine rings is 1. The Hall–Kier alpha value is -3.63. The molecule has 0 aromatic carbocycles. The summed E-state index contributed by atoms with van der Waals surface area (Å²) in [6, 6.07) is 6.97. The molecule has 0 saturated heterocycles. The van der Waals surface area contributed by atoms with E-state index in [0.717, 1.165) is 43.3 Å². The van der Waals surface area contributed by atoms with Gasteiger partial charge in [0.2, 0.25) is 0 Å². The van der Waals surface area contributed by atoms with Crippen LogP contribution in [0.4, 0.5) is 19.0 Å². The Morgan fingerprint density at radius 1 is 1.09 bits per heavy atom. The lowest BCUT2D eigenvalue weighted by Gasteiger charge is -2.30. The average molecular weight is 471 g/mol. The first kappa shape index (κ1) is 22.2. The molecule has 4 aromatic rings. The maximum Gasteiger partial charge on any atom is 0.434 e. The van der Waals surface area contributed by atoms with Crippen LogP contribution in [0.1, 0.15) is 53.1 Å². The van der Waals surface area contributed by atoms with Crippen LogP contribution in [0, 0.1) is 13.8 Å². The second-order valence-electron chi connectivity index (χ2n) is 8.76. The number of alkyl halides is 3. The third-order valence-corrected chi connectivity index (χ3v) is 6.22. The second kappa shape index (κ2) is 8.30. The maximum atomic E-state index is 13.1. The highest BCUT2D eigenvalue weighted by Gasteiger charge is 2.34. The minimum absolute atomic E-state index is 0.00674. The summed E-state index contributed by atoms with van der Waals surface area (Å²) < 4.78 is 42.2. The van der Waals surface area contributed by atoms with E-state index in [2.05, 4.69) is 25.7 Å². The van der Waals surface area contributed by atoms with Crippen LogP contribution in [0.25, 0.3) is 11.3 Å². The molecule has 0 spiro atoms. The molecular weight excluding hydrogens is 447 g/mol. The zero-order chi connectivity index (χ0) is 24.0. The van der Waals surface area contributed by atoms with Gasteiger partial charge in [-0.25, -0.2) is 14.5 Å². The van der Waals surface area contributed by atoms with E-state index < -0.39 is 11.9 Å². The Kier molecular flexibility index (Phi) is 5.41. The van der Waals surface area contributed by atoms with Crippen molar-refractivity contribution in [3.63, 3.8) is 0 Å². The quantitative estimate of drug-likeness (QED) is 0.467. The maximum absolute atomic E-state index is 13.1. The van der Waals surface area contributed by atoms with Crippen molar-refractivity contribution in [2.24, 2.45) is 0 Å². The van der Waals surface area contributed by atoms with E-state index >= 15 is 0 Å². The number of anilines is 1. The van der Waals surface area contributed by atoms with Gasteiger partial charge in [-0.05, 0) is 57.7 Å². The smallest absolute Gasteiger partial charge is 0.368 e. The number of aryl methyl sites for hydroxylation is 2. The lowest BCUT2D eigenvalue weighted by molar-refractivity contribution is -0.140. The predicted octanol–water partition coefficient (Wildman–Crippen LogP) is 4.17. The van der Waals surface area contributed by atoms with E-state index in [0.29, 0.717) is 17.0 Å². The zero-order valence-corrected chi connectivity index (χ0v) is 18.7. The Morgan fingerprint density at radius 3 is 2.56 bits per heavy atom. The molecule has 0 aliphatic heterocycles. The lowest BCUT2D eigenvalue weighted by atomic mass is 9.91. The number of hydrogen-bond donors (Lipinski definition) is 2. The van der Waals surface area contributed by atoms with Gasteiger partial charge in [0, 0.05) is 29.7 Å². The summed E-state index contributed by atoms with van der Waals surface area (Å²) in [5.41, 5.74) is 2.03. The summed E-state index contributed by atoms with van der Waals surface area (Å²) in [4.78, 5) is 21.0. The first-order chi connectivity index (χ1) is 16.2. The molecule has 11 heteroatoms. The Bertz CT molecular complexity index is 1370. The van der Waals surface area contributed by atoms with Crippen LogP contribution in [-0.2, 0) is 6.18 Å². The molecular formula is C23H24F3N7O. The summed E-state index contributed by atoms with van der Waals surface area (Å²) in [5.74, 6) is 0.364. The highest BCUT2D eigenvalue weighted by atomic mass is 19.4. The third kappa shape index (κ3) is 4.17. The van der Waals surface area contributed by atoms with Crippen LogP contribution in [-0.4, -0.2) is 42.0 Å². The first-order valence-corrected chi connectivity index (χ1v) is 11.1. The number of carbonyl (C=O) groups excluding carboxylic acids is 1. The van der Waals surface area contributed by atoms with Crippen LogP contribution in [0.2, 0.25) is 0 Å². The largest absolute Gasteiger partial charge is 0.434 e. The van der Waals surface area contributed by atoms with Crippen molar-refractivity contribution in [2.75, 3.05) is 5.32 Å². The van der Waals surface area contributed by atoms with Gasteiger partial charge in [0.05, 0.1) is 6.20 Å². The van der Waals surface area contributed by atoms with Gasteiger partial charge in [-0.1, -0.05) is 6.07 Å². The van der Waals surface area contributed by atoms with Crippen molar-refractivity contribution >= 4 is 23.0 Å². The van der Waals surface area contributed by atoms with E-state index in [1.54, 1.807) is 22.7 Å². The van der Waals surface area contributed by atoms with E-state index in [9.17, 15) is 18.0 Å². The van der Waals surface area contributed by atoms with E-state index in [-0.39, 0.29) is 23.6 Å². The molecule has 1 amide bonds. The van der Waals surface area contributed by atoms with Crippen LogP contribution in [0.5, 0.6) is 0 Å². The van der Waals surface area contributed by atoms with E-state index in [1.165, 1.54) is 10.6 Å². The summed E-state index contributed by atoms with van der Waals surface area (Å²) in [7, 11) is 0. The number of halogens is 3. The first-order valence-electron chi connectivity index (χ1n) is 11.1. The molecule has 4 heterocycles. The molecule has 0 atom stereocenters. The number of imidazole rings is 1. The van der Waals surface area contributed by atoms with Crippen LogP contribution < -0.4 is 10.6 Å². The Balaban J connectivity index is 1.23. The summed E-state index contributed by atoms with van der Waals surface area (Å²) in [6.45, 7) is 3.79. The molecule has 1 fully saturated rings. The molecule has 1 aliphatic carbocycles. The summed E-state index contributed by atoms with van der Waals surface area (Å²) in [5, 5.41) is 10.7. The van der Waals surface area contributed by atoms with Crippen molar-refractivity contribution in [1.82, 2.24) is 29.3 Å². The zero-order valence-electron chi connectivity index (χ0n) is 18.7. The van der Waals surface area contributed by atoms with E-state index in [4.69, 9.17) is 0 Å². The lowest BCUT2D eigenvalue weighted by Crippen LogP contribution is -2.40. The van der Waals surface area contributed by atoms with Gasteiger partial charge >= 0.3 is 6.18 Å². The topological polar surface area (TPSA) is 88.6 Å². The van der Waals surface area contributed by atoms with Gasteiger partial charge < -0.3 is 10.6 Å². The normalized spacial score (nSPS) is 19.0. The molecule has 1 aliphatic rings.